The lowest BCUT2D eigenvalue weighted by Crippen LogP contribution is -2.51. The van der Waals surface area contributed by atoms with Crippen molar-refractivity contribution >= 4 is 24.0 Å². The molecular formula is C19H28Cl2N2O. The van der Waals surface area contributed by atoms with Crippen LogP contribution in [-0.2, 0) is 10.2 Å². The zero-order valence-corrected chi connectivity index (χ0v) is 15.7. The highest BCUT2D eigenvalue weighted by Gasteiger charge is 2.45. The summed E-state index contributed by atoms with van der Waals surface area (Å²) in [6.07, 6.45) is 6.56. The molecule has 134 valence electrons. The minimum Gasteiger partial charge on any atom is -0.379 e. The summed E-state index contributed by atoms with van der Waals surface area (Å²) in [4.78, 5) is 0. The van der Waals surface area contributed by atoms with Crippen LogP contribution in [-0.4, -0.2) is 38.4 Å². The second kappa shape index (κ2) is 7.92. The molecule has 3 aliphatic rings. The molecule has 3 unspecified atom stereocenters. The van der Waals surface area contributed by atoms with Crippen molar-refractivity contribution < 1.29 is 4.74 Å². The van der Waals surface area contributed by atoms with Crippen LogP contribution in [0.4, 0.5) is 0 Å². The predicted molar refractivity (Wildman–Crippen MR) is 101 cm³/mol. The lowest BCUT2D eigenvalue weighted by Gasteiger charge is -2.33. The van der Waals surface area contributed by atoms with Gasteiger partial charge in [-0.2, -0.15) is 0 Å². The van der Waals surface area contributed by atoms with E-state index in [1.165, 1.54) is 37.7 Å². The highest BCUT2D eigenvalue weighted by molar-refractivity contribution is 6.30. The maximum atomic E-state index is 6.03. The molecule has 24 heavy (non-hydrogen) atoms. The molecular weight excluding hydrogens is 343 g/mol. The van der Waals surface area contributed by atoms with Gasteiger partial charge in [0, 0.05) is 35.6 Å². The summed E-state index contributed by atoms with van der Waals surface area (Å²) >= 11 is 6.03. The van der Waals surface area contributed by atoms with Crippen molar-refractivity contribution in [2.24, 2.45) is 5.92 Å². The van der Waals surface area contributed by atoms with Crippen LogP contribution in [0.3, 0.4) is 0 Å². The van der Waals surface area contributed by atoms with Gasteiger partial charge in [0.1, 0.15) is 0 Å². The summed E-state index contributed by atoms with van der Waals surface area (Å²) < 4.78 is 5.68. The number of hydrogen-bond acceptors (Lipinski definition) is 3. The third-order valence-electron chi connectivity index (χ3n) is 6.05. The Hall–Kier alpha value is -0.320. The molecule has 3 nitrogen and oxygen atoms in total. The topological polar surface area (TPSA) is 33.3 Å². The number of rotatable bonds is 5. The number of halogens is 2. The van der Waals surface area contributed by atoms with Gasteiger partial charge in [-0.3, -0.25) is 0 Å². The first kappa shape index (κ1) is 18.5. The summed E-state index contributed by atoms with van der Waals surface area (Å²) in [5, 5.41) is 8.41. The minimum absolute atomic E-state index is 0. The van der Waals surface area contributed by atoms with Gasteiger partial charge in [0.05, 0.1) is 13.2 Å². The fraction of sp³-hybridized carbons (Fsp3) is 0.684. The van der Waals surface area contributed by atoms with Crippen molar-refractivity contribution in [3.05, 3.63) is 34.9 Å². The first-order valence-electron chi connectivity index (χ1n) is 9.07. The summed E-state index contributed by atoms with van der Waals surface area (Å²) in [5.41, 5.74) is 1.80. The molecule has 0 aromatic heterocycles. The van der Waals surface area contributed by atoms with Crippen LogP contribution in [0.1, 0.15) is 37.7 Å². The molecule has 1 aromatic rings. The van der Waals surface area contributed by atoms with Crippen molar-refractivity contribution in [2.45, 2.75) is 49.6 Å². The van der Waals surface area contributed by atoms with Gasteiger partial charge < -0.3 is 15.4 Å². The molecule has 3 fully saturated rings. The molecule has 3 atom stereocenters. The third kappa shape index (κ3) is 3.91. The molecule has 2 saturated carbocycles. The maximum absolute atomic E-state index is 6.03. The Labute approximate surface area is 156 Å². The first-order chi connectivity index (χ1) is 11.3. The summed E-state index contributed by atoms with van der Waals surface area (Å²) in [6.45, 7) is 3.85. The Bertz CT molecular complexity index is 527. The Morgan fingerprint density at radius 2 is 2.00 bits per heavy atom. The molecule has 1 aliphatic heterocycles. The van der Waals surface area contributed by atoms with Gasteiger partial charge in [-0.05, 0) is 49.3 Å². The number of hydrogen-bond donors (Lipinski definition) is 2. The number of ether oxygens (including phenoxy) is 1. The lowest BCUT2D eigenvalue weighted by molar-refractivity contribution is 0.0524. The van der Waals surface area contributed by atoms with E-state index in [0.29, 0.717) is 17.5 Å². The highest BCUT2D eigenvalue weighted by atomic mass is 35.5. The van der Waals surface area contributed by atoms with Crippen LogP contribution >= 0.6 is 24.0 Å². The van der Waals surface area contributed by atoms with Gasteiger partial charge in [-0.1, -0.05) is 30.2 Å². The van der Waals surface area contributed by atoms with Crippen molar-refractivity contribution in [3.8, 4) is 0 Å². The van der Waals surface area contributed by atoms with E-state index in [4.69, 9.17) is 16.3 Å². The zero-order chi connectivity index (χ0) is 15.7. The lowest BCUT2D eigenvalue weighted by atomic mass is 9.92. The van der Waals surface area contributed by atoms with E-state index in [0.717, 1.165) is 37.2 Å². The maximum Gasteiger partial charge on any atom is 0.0623 e. The molecule has 2 N–H and O–H groups in total. The Balaban J connectivity index is 0.00000169. The predicted octanol–water partition coefficient (Wildman–Crippen LogP) is 3.54. The second-order valence-corrected chi connectivity index (χ2v) is 7.94. The van der Waals surface area contributed by atoms with E-state index in [1.54, 1.807) is 0 Å². The van der Waals surface area contributed by atoms with E-state index < -0.39 is 0 Å². The molecule has 2 aliphatic carbocycles. The van der Waals surface area contributed by atoms with Crippen molar-refractivity contribution in [2.75, 3.05) is 26.3 Å². The third-order valence-corrected chi connectivity index (χ3v) is 6.30. The van der Waals surface area contributed by atoms with E-state index >= 15 is 0 Å². The molecule has 4 rings (SSSR count). The van der Waals surface area contributed by atoms with Crippen molar-refractivity contribution in [1.29, 1.82) is 0 Å². The molecule has 0 amide bonds. The largest absolute Gasteiger partial charge is 0.379 e. The quantitative estimate of drug-likeness (QED) is 0.831. The Morgan fingerprint density at radius 1 is 1.21 bits per heavy atom. The number of morpholine rings is 1. The molecule has 1 aromatic carbocycles. The molecule has 5 heteroatoms. The first-order valence-corrected chi connectivity index (χ1v) is 9.45. The number of nitrogens with one attached hydrogen (secondary N) is 2. The molecule has 1 saturated heterocycles. The summed E-state index contributed by atoms with van der Waals surface area (Å²) in [6, 6.07) is 9.64. The van der Waals surface area contributed by atoms with Gasteiger partial charge in [0.25, 0.3) is 0 Å². The van der Waals surface area contributed by atoms with Crippen molar-refractivity contribution in [1.82, 2.24) is 10.6 Å². The summed E-state index contributed by atoms with van der Waals surface area (Å²) in [7, 11) is 0. The minimum atomic E-state index is 0. The summed E-state index contributed by atoms with van der Waals surface area (Å²) in [5.74, 6) is 0.719. The van der Waals surface area contributed by atoms with E-state index in [-0.39, 0.29) is 12.4 Å². The van der Waals surface area contributed by atoms with Crippen LogP contribution in [0.25, 0.3) is 0 Å². The standard InChI is InChI=1S/C19H27ClN2O.ClH/c20-15-6-4-14(5-7-15)19(8-9-19)13-22-17-3-1-2-16(17)18-12-23-11-10-21-18;/h4-7,16-18,21-22H,1-3,8-13H2;1H. The molecule has 0 spiro atoms. The van der Waals surface area contributed by atoms with Gasteiger partial charge in [0.2, 0.25) is 0 Å². The van der Waals surface area contributed by atoms with Gasteiger partial charge in [-0.15, -0.1) is 12.4 Å². The van der Waals surface area contributed by atoms with E-state index in [1.807, 2.05) is 12.1 Å². The molecule has 0 bridgehead atoms. The van der Waals surface area contributed by atoms with Crippen LogP contribution in [0.5, 0.6) is 0 Å². The number of benzene rings is 1. The monoisotopic (exact) mass is 370 g/mol. The smallest absolute Gasteiger partial charge is 0.0623 e. The van der Waals surface area contributed by atoms with Crippen LogP contribution in [0, 0.1) is 5.92 Å². The molecule has 0 radical (unpaired) electrons. The highest BCUT2D eigenvalue weighted by Crippen LogP contribution is 2.48. The normalized spacial score (nSPS) is 31.5. The van der Waals surface area contributed by atoms with Crippen molar-refractivity contribution in [3.63, 3.8) is 0 Å². The zero-order valence-electron chi connectivity index (χ0n) is 14.1. The van der Waals surface area contributed by atoms with Gasteiger partial charge in [-0.25, -0.2) is 0 Å². The van der Waals surface area contributed by atoms with Crippen LogP contribution in [0.2, 0.25) is 5.02 Å². The SMILES string of the molecule is Cl.Clc1ccc(C2(CNC3CCCC3C3COCCN3)CC2)cc1. The van der Waals surface area contributed by atoms with E-state index in [9.17, 15) is 0 Å². The molecule has 1 heterocycles. The average Bonchev–Trinajstić information content (AvgIpc) is 3.23. The Morgan fingerprint density at radius 3 is 2.67 bits per heavy atom. The van der Waals surface area contributed by atoms with Gasteiger partial charge in [0.15, 0.2) is 0 Å². The van der Waals surface area contributed by atoms with E-state index in [2.05, 4.69) is 22.8 Å². The second-order valence-electron chi connectivity index (χ2n) is 7.50. The van der Waals surface area contributed by atoms with Crippen LogP contribution in [0.15, 0.2) is 24.3 Å². The Kier molecular flexibility index (Phi) is 6.10. The fourth-order valence-electron chi connectivity index (χ4n) is 4.43. The fourth-order valence-corrected chi connectivity index (χ4v) is 4.56. The van der Waals surface area contributed by atoms with Gasteiger partial charge >= 0.3 is 0 Å². The van der Waals surface area contributed by atoms with Crippen LogP contribution < -0.4 is 10.6 Å². The average molecular weight is 371 g/mol.